The molecule has 0 bridgehead atoms. The first-order chi connectivity index (χ1) is 16.2. The lowest BCUT2D eigenvalue weighted by molar-refractivity contribution is -0.123. The highest BCUT2D eigenvalue weighted by Gasteiger charge is 2.13. The van der Waals surface area contributed by atoms with Crippen LogP contribution < -0.4 is 14.8 Å². The van der Waals surface area contributed by atoms with Gasteiger partial charge in [0.1, 0.15) is 18.1 Å². The molecule has 1 N–H and O–H groups in total. The third kappa shape index (κ3) is 4.97. The molecule has 0 saturated heterocycles. The van der Waals surface area contributed by atoms with E-state index in [1.54, 1.807) is 28.9 Å². The molecular weight excluding hydrogens is 454 g/mol. The van der Waals surface area contributed by atoms with Gasteiger partial charge in [-0.2, -0.15) is 0 Å². The van der Waals surface area contributed by atoms with Gasteiger partial charge in [0.05, 0.1) is 25.6 Å². The summed E-state index contributed by atoms with van der Waals surface area (Å²) >= 11 is 3.27. The van der Waals surface area contributed by atoms with E-state index in [1.807, 2.05) is 66.9 Å². The van der Waals surface area contributed by atoms with Gasteiger partial charge in [-0.1, -0.05) is 18.2 Å². The minimum atomic E-state index is -0.182. The highest BCUT2D eigenvalue weighted by molar-refractivity contribution is 7.21. The average Bonchev–Trinajstić information content (AvgIpc) is 3.47. The third-order valence-electron chi connectivity index (χ3n) is 5.03. The minimum Gasteiger partial charge on any atom is -0.487 e. The normalized spacial score (nSPS) is 11.1. The number of amides is 1. The van der Waals surface area contributed by atoms with Gasteiger partial charge < -0.3 is 14.8 Å². The molecule has 0 spiro atoms. The Morgan fingerprint density at radius 1 is 1.09 bits per heavy atom. The van der Waals surface area contributed by atoms with Crippen LogP contribution in [0.2, 0.25) is 0 Å². The summed E-state index contributed by atoms with van der Waals surface area (Å²) in [6, 6.07) is 17.4. The van der Waals surface area contributed by atoms with Gasteiger partial charge in [-0.3, -0.25) is 9.78 Å². The van der Waals surface area contributed by atoms with Gasteiger partial charge in [0.15, 0.2) is 6.61 Å². The summed E-state index contributed by atoms with van der Waals surface area (Å²) in [4.78, 5) is 21.3. The molecule has 3 aromatic heterocycles. The molecule has 1 amide bonds. The molecule has 0 saturated carbocycles. The van der Waals surface area contributed by atoms with Crippen molar-refractivity contribution in [1.82, 2.24) is 15.3 Å². The number of aryl methyl sites for hydroxylation is 1. The molecule has 0 fully saturated rings. The number of thiazole rings is 1. The van der Waals surface area contributed by atoms with Gasteiger partial charge >= 0.3 is 0 Å². The van der Waals surface area contributed by atoms with Crippen molar-refractivity contribution in [3.05, 3.63) is 82.4 Å². The number of fused-ring (bicyclic) bond motifs is 3. The molecular formula is C25H21N3O3S2. The zero-order valence-corrected chi connectivity index (χ0v) is 19.5. The van der Waals surface area contributed by atoms with Crippen LogP contribution in [0.15, 0.2) is 66.2 Å². The summed E-state index contributed by atoms with van der Waals surface area (Å²) in [5.74, 6) is 1.26. The van der Waals surface area contributed by atoms with E-state index in [1.165, 1.54) is 0 Å². The molecule has 0 radical (unpaired) electrons. The molecule has 2 aromatic carbocycles. The van der Waals surface area contributed by atoms with E-state index in [2.05, 4.69) is 15.3 Å². The number of nitrogens with one attached hydrogen (secondary N) is 1. The number of hydrogen-bond acceptors (Lipinski definition) is 7. The molecule has 0 atom stereocenters. The number of nitrogens with zero attached hydrogens (tertiary/aromatic N) is 2. The van der Waals surface area contributed by atoms with Gasteiger partial charge in [-0.05, 0) is 48.2 Å². The molecule has 5 aromatic rings. The van der Waals surface area contributed by atoms with Crippen molar-refractivity contribution < 1.29 is 14.3 Å². The topological polar surface area (TPSA) is 73.3 Å². The number of carbonyl (C=O) groups is 1. The van der Waals surface area contributed by atoms with E-state index >= 15 is 0 Å². The molecule has 8 heteroatoms. The molecule has 3 heterocycles. The maximum Gasteiger partial charge on any atom is 0.258 e. The van der Waals surface area contributed by atoms with E-state index in [0.29, 0.717) is 18.9 Å². The first-order valence-corrected chi connectivity index (χ1v) is 12.1. The van der Waals surface area contributed by atoms with E-state index in [0.717, 1.165) is 42.3 Å². The number of rotatable bonds is 8. The predicted molar refractivity (Wildman–Crippen MR) is 132 cm³/mol. The van der Waals surface area contributed by atoms with Crippen molar-refractivity contribution in [1.29, 1.82) is 0 Å². The van der Waals surface area contributed by atoms with Crippen molar-refractivity contribution in [3.8, 4) is 11.5 Å². The Balaban J connectivity index is 1.18. The molecule has 0 aliphatic rings. The molecule has 166 valence electrons. The first kappa shape index (κ1) is 21.4. The van der Waals surface area contributed by atoms with Crippen LogP contribution in [0.25, 0.3) is 20.3 Å². The Morgan fingerprint density at radius 2 is 2.03 bits per heavy atom. The molecule has 33 heavy (non-hydrogen) atoms. The standard InChI is InChI=1S/C25H21N3O3S2/c1-16-28-24-22(33-16)12-21(20-8-10-32-25(20)24)31-15-23(29)27-13-17-5-4-7-19(11-17)30-14-18-6-2-3-9-26-18/h2-12H,13-15H2,1H3,(H,27,29). The number of hydrogen-bond donors (Lipinski definition) is 1. The highest BCUT2D eigenvalue weighted by Crippen LogP contribution is 2.38. The van der Waals surface area contributed by atoms with E-state index in [-0.39, 0.29) is 12.5 Å². The molecule has 0 unspecified atom stereocenters. The Kier molecular flexibility index (Phi) is 6.19. The quantitative estimate of drug-likeness (QED) is 0.321. The fourth-order valence-electron chi connectivity index (χ4n) is 3.49. The van der Waals surface area contributed by atoms with Crippen molar-refractivity contribution in [2.45, 2.75) is 20.1 Å². The minimum absolute atomic E-state index is 0.0515. The zero-order chi connectivity index (χ0) is 22.6. The first-order valence-electron chi connectivity index (χ1n) is 10.4. The molecule has 5 rings (SSSR count). The number of thiophene rings is 1. The fourth-order valence-corrected chi connectivity index (χ4v) is 5.32. The third-order valence-corrected chi connectivity index (χ3v) is 6.87. The molecule has 0 aliphatic carbocycles. The van der Waals surface area contributed by atoms with Crippen molar-refractivity contribution in [3.63, 3.8) is 0 Å². The fraction of sp³-hybridized carbons (Fsp3) is 0.160. The average molecular weight is 476 g/mol. The van der Waals surface area contributed by atoms with Gasteiger partial charge in [0.25, 0.3) is 5.91 Å². The lowest BCUT2D eigenvalue weighted by Crippen LogP contribution is -2.28. The van der Waals surface area contributed by atoms with E-state index < -0.39 is 0 Å². The van der Waals surface area contributed by atoms with Crippen LogP contribution >= 0.6 is 22.7 Å². The second-order valence-electron chi connectivity index (χ2n) is 7.44. The number of ether oxygens (including phenoxy) is 2. The number of aromatic nitrogens is 2. The molecule has 6 nitrogen and oxygen atoms in total. The van der Waals surface area contributed by atoms with Gasteiger partial charge in [-0.25, -0.2) is 4.98 Å². The smallest absolute Gasteiger partial charge is 0.258 e. The van der Waals surface area contributed by atoms with Gasteiger partial charge in [-0.15, -0.1) is 22.7 Å². The SMILES string of the molecule is Cc1nc2c(cc(OCC(=O)NCc3cccc(OCc4ccccn4)c3)c3ccsc32)s1. The monoisotopic (exact) mass is 475 g/mol. The van der Waals surface area contributed by atoms with E-state index in [4.69, 9.17) is 9.47 Å². The highest BCUT2D eigenvalue weighted by atomic mass is 32.1. The van der Waals surface area contributed by atoms with Crippen LogP contribution in [0, 0.1) is 6.92 Å². The van der Waals surface area contributed by atoms with Crippen LogP contribution in [0.1, 0.15) is 16.3 Å². The van der Waals surface area contributed by atoms with Crippen LogP contribution in [0.4, 0.5) is 0 Å². The summed E-state index contributed by atoms with van der Waals surface area (Å²) in [7, 11) is 0. The Bertz CT molecular complexity index is 1410. The number of pyridine rings is 1. The Morgan fingerprint density at radius 3 is 2.91 bits per heavy atom. The van der Waals surface area contributed by atoms with Crippen LogP contribution in [-0.2, 0) is 17.9 Å². The predicted octanol–water partition coefficient (Wildman–Crippen LogP) is 5.49. The van der Waals surface area contributed by atoms with E-state index in [9.17, 15) is 4.79 Å². The van der Waals surface area contributed by atoms with Crippen molar-refractivity contribution in [2.75, 3.05) is 6.61 Å². The molecule has 0 aliphatic heterocycles. The maximum atomic E-state index is 12.4. The largest absolute Gasteiger partial charge is 0.487 e. The zero-order valence-electron chi connectivity index (χ0n) is 17.9. The lowest BCUT2D eigenvalue weighted by Gasteiger charge is -2.10. The van der Waals surface area contributed by atoms with Crippen LogP contribution in [0.3, 0.4) is 0 Å². The summed E-state index contributed by atoms with van der Waals surface area (Å²) < 4.78 is 13.9. The second-order valence-corrected chi connectivity index (χ2v) is 9.59. The summed E-state index contributed by atoms with van der Waals surface area (Å²) in [6.07, 6.45) is 1.74. The Hall–Kier alpha value is -3.49. The Labute approximate surface area is 198 Å². The lowest BCUT2D eigenvalue weighted by atomic mass is 10.2. The summed E-state index contributed by atoms with van der Waals surface area (Å²) in [6.45, 7) is 2.73. The van der Waals surface area contributed by atoms with Crippen molar-refractivity contribution in [2.24, 2.45) is 0 Å². The maximum absolute atomic E-state index is 12.4. The summed E-state index contributed by atoms with van der Waals surface area (Å²) in [5, 5.41) is 6.94. The van der Waals surface area contributed by atoms with Crippen LogP contribution in [0.5, 0.6) is 11.5 Å². The summed E-state index contributed by atoms with van der Waals surface area (Å²) in [5.41, 5.74) is 2.81. The second kappa shape index (κ2) is 9.56. The van der Waals surface area contributed by atoms with Crippen molar-refractivity contribution >= 4 is 48.9 Å². The number of carbonyl (C=O) groups excluding carboxylic acids is 1. The van der Waals surface area contributed by atoms with Crippen LogP contribution in [-0.4, -0.2) is 22.5 Å². The number of benzene rings is 2. The van der Waals surface area contributed by atoms with Gasteiger partial charge in [0, 0.05) is 24.2 Å². The van der Waals surface area contributed by atoms with Gasteiger partial charge in [0.2, 0.25) is 0 Å².